The van der Waals surface area contributed by atoms with Gasteiger partial charge in [-0.15, -0.1) is 0 Å². The monoisotopic (exact) mass is 446 g/mol. The van der Waals surface area contributed by atoms with E-state index >= 15 is 0 Å². The average Bonchev–Trinajstić information content (AvgIpc) is 2.84. The molecule has 3 aromatic carbocycles. The maximum absolute atomic E-state index is 12.4. The number of esters is 1. The van der Waals surface area contributed by atoms with Gasteiger partial charge < -0.3 is 14.6 Å². The summed E-state index contributed by atoms with van der Waals surface area (Å²) in [6.45, 7) is 4.68. The van der Waals surface area contributed by atoms with Gasteiger partial charge in [0.15, 0.2) is 0 Å². The van der Waals surface area contributed by atoms with Crippen LogP contribution in [-0.2, 0) is 0 Å². The third-order valence-electron chi connectivity index (χ3n) is 5.65. The summed E-state index contributed by atoms with van der Waals surface area (Å²) in [7, 11) is 0. The summed E-state index contributed by atoms with van der Waals surface area (Å²) in [6, 6.07) is 22.3. The number of benzene rings is 3. The van der Waals surface area contributed by atoms with Crippen LogP contribution in [0.3, 0.4) is 0 Å². The Balaban J connectivity index is 1.49. The van der Waals surface area contributed by atoms with Crippen molar-refractivity contribution in [1.82, 2.24) is 0 Å². The third kappa shape index (κ3) is 7.76. The summed E-state index contributed by atoms with van der Waals surface area (Å²) in [5.74, 6) is 0.920. The van der Waals surface area contributed by atoms with Crippen LogP contribution in [0, 0.1) is 0 Å². The minimum absolute atomic E-state index is 0.412. The number of aliphatic hydroxyl groups excluding tert-OH is 1. The molecule has 3 aromatic rings. The Bertz CT molecular complexity index is 974. The highest BCUT2D eigenvalue weighted by atomic mass is 16.5. The van der Waals surface area contributed by atoms with Gasteiger partial charge in [-0.25, -0.2) is 4.79 Å². The van der Waals surface area contributed by atoms with Crippen molar-refractivity contribution in [3.63, 3.8) is 0 Å². The van der Waals surface area contributed by atoms with E-state index in [4.69, 9.17) is 9.47 Å². The first-order valence-electron chi connectivity index (χ1n) is 11.9. The van der Waals surface area contributed by atoms with Gasteiger partial charge in [0.2, 0.25) is 0 Å². The Labute approximate surface area is 197 Å². The predicted octanol–water partition coefficient (Wildman–Crippen LogP) is 7.37. The molecule has 4 heteroatoms. The maximum Gasteiger partial charge on any atom is 0.343 e. The zero-order valence-electron chi connectivity index (χ0n) is 19.6. The standard InChI is InChI=1S/C29H34O4/c1-3-4-5-6-7-8-21-32-27-17-15-25(16-18-27)24-9-11-26(12-10-24)29(31)33-28-19-13-23(14-20-28)22(2)30/h9-20,22,30H,3-8,21H2,1-2H3. The van der Waals surface area contributed by atoms with Crippen LogP contribution < -0.4 is 9.47 Å². The molecule has 0 heterocycles. The topological polar surface area (TPSA) is 55.8 Å². The smallest absolute Gasteiger partial charge is 0.343 e. The lowest BCUT2D eigenvalue weighted by Crippen LogP contribution is -2.08. The van der Waals surface area contributed by atoms with Crippen molar-refractivity contribution >= 4 is 5.97 Å². The van der Waals surface area contributed by atoms with Crippen LogP contribution in [0.2, 0.25) is 0 Å². The second-order valence-electron chi connectivity index (χ2n) is 8.35. The van der Waals surface area contributed by atoms with E-state index in [-0.39, 0.29) is 0 Å². The van der Waals surface area contributed by atoms with Crippen molar-refractivity contribution in [3.8, 4) is 22.6 Å². The summed E-state index contributed by atoms with van der Waals surface area (Å²) in [5.41, 5.74) is 3.35. The molecule has 0 aliphatic carbocycles. The second kappa shape index (κ2) is 12.8. The first kappa shape index (κ1) is 24.5. The van der Waals surface area contributed by atoms with Crippen molar-refractivity contribution in [2.75, 3.05) is 6.61 Å². The van der Waals surface area contributed by atoms with Gasteiger partial charge in [0.05, 0.1) is 18.3 Å². The van der Waals surface area contributed by atoms with Crippen LogP contribution >= 0.6 is 0 Å². The van der Waals surface area contributed by atoms with Crippen LogP contribution in [0.1, 0.15) is 74.4 Å². The van der Waals surface area contributed by atoms with Crippen molar-refractivity contribution in [2.24, 2.45) is 0 Å². The van der Waals surface area contributed by atoms with Crippen LogP contribution in [0.5, 0.6) is 11.5 Å². The lowest BCUT2D eigenvalue weighted by Gasteiger charge is -2.09. The number of rotatable bonds is 12. The number of hydrogen-bond acceptors (Lipinski definition) is 4. The van der Waals surface area contributed by atoms with E-state index in [9.17, 15) is 9.90 Å². The molecule has 0 aliphatic rings. The first-order chi connectivity index (χ1) is 16.1. The minimum atomic E-state index is -0.553. The quantitative estimate of drug-likeness (QED) is 0.179. The van der Waals surface area contributed by atoms with Crippen molar-refractivity contribution in [2.45, 2.75) is 58.5 Å². The fraction of sp³-hybridized carbons (Fsp3) is 0.345. The van der Waals surface area contributed by atoms with Gasteiger partial charge in [-0.2, -0.15) is 0 Å². The molecule has 0 saturated carbocycles. The largest absolute Gasteiger partial charge is 0.494 e. The molecule has 1 atom stereocenters. The molecule has 0 amide bonds. The molecule has 0 aliphatic heterocycles. The molecule has 33 heavy (non-hydrogen) atoms. The predicted molar refractivity (Wildman–Crippen MR) is 133 cm³/mol. The van der Waals surface area contributed by atoms with E-state index in [1.807, 2.05) is 36.4 Å². The van der Waals surface area contributed by atoms with Gasteiger partial charge in [0, 0.05) is 0 Å². The number of carbonyl (C=O) groups is 1. The fourth-order valence-corrected chi connectivity index (χ4v) is 3.60. The second-order valence-corrected chi connectivity index (χ2v) is 8.35. The Morgan fingerprint density at radius 2 is 1.30 bits per heavy atom. The maximum atomic E-state index is 12.4. The molecule has 0 fully saturated rings. The third-order valence-corrected chi connectivity index (χ3v) is 5.65. The lowest BCUT2D eigenvalue weighted by atomic mass is 10.0. The molecule has 0 bridgehead atoms. The summed E-state index contributed by atoms with van der Waals surface area (Å²) in [5, 5.41) is 9.58. The van der Waals surface area contributed by atoms with E-state index in [0.29, 0.717) is 11.3 Å². The van der Waals surface area contributed by atoms with Gasteiger partial charge in [-0.1, -0.05) is 75.4 Å². The van der Waals surface area contributed by atoms with Gasteiger partial charge >= 0.3 is 5.97 Å². The molecule has 4 nitrogen and oxygen atoms in total. The molecular weight excluding hydrogens is 412 g/mol. The molecule has 1 N–H and O–H groups in total. The van der Waals surface area contributed by atoms with Crippen LogP contribution in [0.25, 0.3) is 11.1 Å². The normalized spacial score (nSPS) is 11.7. The summed E-state index contributed by atoms with van der Waals surface area (Å²) in [6.07, 6.45) is 6.96. The van der Waals surface area contributed by atoms with Gasteiger partial charge in [0.1, 0.15) is 11.5 Å². The van der Waals surface area contributed by atoms with Crippen LogP contribution in [-0.4, -0.2) is 17.7 Å². The van der Waals surface area contributed by atoms with Crippen LogP contribution in [0.15, 0.2) is 72.8 Å². The Morgan fingerprint density at radius 1 is 0.758 bits per heavy atom. The summed E-state index contributed by atoms with van der Waals surface area (Å²) < 4.78 is 11.3. The highest BCUT2D eigenvalue weighted by Gasteiger charge is 2.10. The minimum Gasteiger partial charge on any atom is -0.494 e. The van der Waals surface area contributed by atoms with E-state index in [2.05, 4.69) is 6.92 Å². The Morgan fingerprint density at radius 3 is 1.91 bits per heavy atom. The van der Waals surface area contributed by atoms with E-state index in [1.165, 1.54) is 32.1 Å². The zero-order chi connectivity index (χ0) is 23.5. The molecule has 1 unspecified atom stereocenters. The highest BCUT2D eigenvalue weighted by Crippen LogP contribution is 2.24. The van der Waals surface area contributed by atoms with Gasteiger partial charge in [0.25, 0.3) is 0 Å². The fourth-order valence-electron chi connectivity index (χ4n) is 3.60. The van der Waals surface area contributed by atoms with Crippen molar-refractivity contribution in [3.05, 3.63) is 83.9 Å². The molecule has 0 saturated heterocycles. The van der Waals surface area contributed by atoms with E-state index in [1.54, 1.807) is 43.3 Å². The summed E-state index contributed by atoms with van der Waals surface area (Å²) >= 11 is 0. The van der Waals surface area contributed by atoms with Crippen molar-refractivity contribution in [1.29, 1.82) is 0 Å². The number of hydrogen-bond donors (Lipinski definition) is 1. The number of ether oxygens (including phenoxy) is 2. The molecular formula is C29H34O4. The Hall–Kier alpha value is -3.11. The molecule has 0 spiro atoms. The highest BCUT2D eigenvalue weighted by molar-refractivity contribution is 5.91. The first-order valence-corrected chi connectivity index (χ1v) is 11.9. The zero-order valence-corrected chi connectivity index (χ0v) is 19.6. The molecule has 174 valence electrons. The SMILES string of the molecule is CCCCCCCCOc1ccc(-c2ccc(C(=O)Oc3ccc(C(C)O)cc3)cc2)cc1. The molecule has 0 aromatic heterocycles. The van der Waals surface area contributed by atoms with Crippen molar-refractivity contribution < 1.29 is 19.4 Å². The number of aliphatic hydroxyl groups is 1. The van der Waals surface area contributed by atoms with E-state index < -0.39 is 12.1 Å². The Kier molecular flexibility index (Phi) is 9.52. The number of carbonyl (C=O) groups excluding carboxylic acids is 1. The van der Waals surface area contributed by atoms with Gasteiger partial charge in [-0.3, -0.25) is 0 Å². The average molecular weight is 447 g/mol. The van der Waals surface area contributed by atoms with Gasteiger partial charge in [-0.05, 0) is 66.4 Å². The molecule has 3 rings (SSSR count). The van der Waals surface area contributed by atoms with E-state index in [0.717, 1.165) is 35.5 Å². The molecule has 0 radical (unpaired) electrons. The number of unbranched alkanes of at least 4 members (excludes halogenated alkanes) is 5. The lowest BCUT2D eigenvalue weighted by molar-refractivity contribution is 0.0734. The van der Waals surface area contributed by atoms with Crippen LogP contribution in [0.4, 0.5) is 0 Å². The summed E-state index contributed by atoms with van der Waals surface area (Å²) in [4.78, 5) is 12.4.